The third-order valence-electron chi connectivity index (χ3n) is 3.91. The van der Waals surface area contributed by atoms with Gasteiger partial charge >= 0.3 is 0 Å². The maximum atomic E-state index is 12.4. The Morgan fingerprint density at radius 3 is 2.79 bits per heavy atom. The summed E-state index contributed by atoms with van der Waals surface area (Å²) < 4.78 is 0. The molecule has 2 aromatic carbocycles. The van der Waals surface area contributed by atoms with Gasteiger partial charge < -0.3 is 10.4 Å². The van der Waals surface area contributed by atoms with Gasteiger partial charge in [0.05, 0.1) is 5.69 Å². The predicted octanol–water partition coefficient (Wildman–Crippen LogP) is 4.30. The highest BCUT2D eigenvalue weighted by molar-refractivity contribution is 6.31. The summed E-state index contributed by atoms with van der Waals surface area (Å²) in [5.41, 5.74) is 4.07. The van der Waals surface area contributed by atoms with Gasteiger partial charge in [0.2, 0.25) is 0 Å². The minimum Gasteiger partial charge on any atom is -0.507 e. The van der Waals surface area contributed by atoms with Crippen molar-refractivity contribution in [2.45, 2.75) is 13.8 Å². The number of carbonyl (C=O) groups excluding carboxylic acids is 1. The zero-order valence-corrected chi connectivity index (χ0v) is 14.0. The molecule has 24 heavy (non-hydrogen) atoms. The highest BCUT2D eigenvalue weighted by atomic mass is 35.5. The number of nitrogens with zero attached hydrogens (tertiary/aromatic N) is 1. The second-order valence-electron chi connectivity index (χ2n) is 5.53. The normalized spacial score (nSPS) is 10.6. The lowest BCUT2D eigenvalue weighted by Crippen LogP contribution is -2.13. The standard InChI is InChI=1S/C18H16ClN3O2/c1-10-4-3-5-14(11(10)2)20-18(24)16-9-15(21-22-16)13-8-12(19)6-7-17(13)23/h3-9,23H,1-2H3,(H,20,24)(H,21,22). The quantitative estimate of drug-likeness (QED) is 0.664. The number of aromatic hydroxyl groups is 1. The average Bonchev–Trinajstić information content (AvgIpc) is 3.04. The molecule has 0 saturated carbocycles. The molecule has 0 aliphatic heterocycles. The van der Waals surface area contributed by atoms with Gasteiger partial charge in [-0.2, -0.15) is 5.10 Å². The van der Waals surface area contributed by atoms with Crippen molar-refractivity contribution in [1.29, 1.82) is 0 Å². The van der Waals surface area contributed by atoms with Crippen LogP contribution < -0.4 is 5.32 Å². The molecule has 0 radical (unpaired) electrons. The number of phenols is 1. The molecule has 1 amide bonds. The smallest absolute Gasteiger partial charge is 0.273 e. The van der Waals surface area contributed by atoms with Gasteiger partial charge in [0.1, 0.15) is 11.4 Å². The van der Waals surface area contributed by atoms with Crippen LogP contribution in [0.1, 0.15) is 21.6 Å². The van der Waals surface area contributed by atoms with Crippen molar-refractivity contribution in [3.63, 3.8) is 0 Å². The molecule has 3 rings (SSSR count). The summed E-state index contributed by atoms with van der Waals surface area (Å²) in [4.78, 5) is 12.4. The lowest BCUT2D eigenvalue weighted by molar-refractivity contribution is 0.102. The molecule has 0 saturated heterocycles. The van der Waals surface area contributed by atoms with E-state index in [1.807, 2.05) is 32.0 Å². The number of anilines is 1. The Labute approximate surface area is 144 Å². The molecule has 0 atom stereocenters. The van der Waals surface area contributed by atoms with Gasteiger partial charge in [0, 0.05) is 16.3 Å². The molecule has 0 aliphatic carbocycles. The summed E-state index contributed by atoms with van der Waals surface area (Å²) in [5.74, 6) is -0.253. The van der Waals surface area contributed by atoms with E-state index in [4.69, 9.17) is 11.6 Å². The molecule has 0 fully saturated rings. The fourth-order valence-electron chi connectivity index (χ4n) is 2.37. The summed E-state index contributed by atoms with van der Waals surface area (Å²) in [5, 5.41) is 20.0. The Balaban J connectivity index is 1.86. The minimum absolute atomic E-state index is 0.0485. The Hall–Kier alpha value is -2.79. The second-order valence-corrected chi connectivity index (χ2v) is 5.97. The molecule has 6 heteroatoms. The molecule has 1 aromatic heterocycles. The van der Waals surface area contributed by atoms with E-state index < -0.39 is 0 Å². The lowest BCUT2D eigenvalue weighted by atomic mass is 10.1. The molecule has 122 valence electrons. The van der Waals surface area contributed by atoms with Gasteiger partial charge in [-0.15, -0.1) is 0 Å². The summed E-state index contributed by atoms with van der Waals surface area (Å²) in [6.07, 6.45) is 0. The SMILES string of the molecule is Cc1cccc(NC(=O)c2cc(-c3cc(Cl)ccc3O)n[nH]2)c1C. The molecule has 3 N–H and O–H groups in total. The van der Waals surface area contributed by atoms with Crippen LogP contribution in [0.15, 0.2) is 42.5 Å². The number of hydrogen-bond acceptors (Lipinski definition) is 3. The molecular formula is C18H16ClN3O2. The average molecular weight is 342 g/mol. The number of carbonyl (C=O) groups is 1. The van der Waals surface area contributed by atoms with Crippen LogP contribution in [0.3, 0.4) is 0 Å². The van der Waals surface area contributed by atoms with Gasteiger partial charge in [0.25, 0.3) is 5.91 Å². The second kappa shape index (κ2) is 6.37. The molecular weight excluding hydrogens is 326 g/mol. The van der Waals surface area contributed by atoms with Crippen LogP contribution in [0.5, 0.6) is 5.75 Å². The molecule has 5 nitrogen and oxygen atoms in total. The zero-order chi connectivity index (χ0) is 17.3. The number of rotatable bonds is 3. The fourth-order valence-corrected chi connectivity index (χ4v) is 2.54. The first-order valence-electron chi connectivity index (χ1n) is 7.37. The maximum Gasteiger partial charge on any atom is 0.273 e. The van der Waals surface area contributed by atoms with E-state index in [1.54, 1.807) is 18.2 Å². The van der Waals surface area contributed by atoms with Crippen molar-refractivity contribution in [1.82, 2.24) is 10.2 Å². The molecule has 3 aromatic rings. The number of halogens is 1. The molecule has 0 aliphatic rings. The molecule has 0 unspecified atom stereocenters. The number of nitrogens with one attached hydrogen (secondary N) is 2. The van der Waals surface area contributed by atoms with E-state index in [2.05, 4.69) is 15.5 Å². The lowest BCUT2D eigenvalue weighted by Gasteiger charge is -2.09. The highest BCUT2D eigenvalue weighted by Crippen LogP contribution is 2.30. The van der Waals surface area contributed by atoms with Crippen LogP contribution in [-0.4, -0.2) is 21.2 Å². The number of phenolic OH excluding ortho intramolecular Hbond substituents is 1. The van der Waals surface area contributed by atoms with Crippen LogP contribution in [0.25, 0.3) is 11.3 Å². The zero-order valence-electron chi connectivity index (χ0n) is 13.2. The number of H-pyrrole nitrogens is 1. The topological polar surface area (TPSA) is 78.0 Å². The first-order chi connectivity index (χ1) is 11.5. The number of aryl methyl sites for hydroxylation is 1. The highest BCUT2D eigenvalue weighted by Gasteiger charge is 2.14. The van der Waals surface area contributed by atoms with E-state index in [9.17, 15) is 9.90 Å². The van der Waals surface area contributed by atoms with Crippen molar-refractivity contribution >= 4 is 23.2 Å². The van der Waals surface area contributed by atoms with Crippen LogP contribution in [-0.2, 0) is 0 Å². The Morgan fingerprint density at radius 2 is 2.00 bits per heavy atom. The summed E-state index contributed by atoms with van der Waals surface area (Å²) >= 11 is 5.95. The van der Waals surface area contributed by atoms with E-state index >= 15 is 0 Å². The number of aromatic amines is 1. The van der Waals surface area contributed by atoms with Crippen molar-refractivity contribution in [3.05, 3.63) is 64.3 Å². The van der Waals surface area contributed by atoms with E-state index in [0.29, 0.717) is 22.0 Å². The molecule has 0 bridgehead atoms. The first kappa shape index (κ1) is 16.1. The molecule has 0 spiro atoms. The van der Waals surface area contributed by atoms with E-state index in [0.717, 1.165) is 16.8 Å². The van der Waals surface area contributed by atoms with Crippen LogP contribution in [0, 0.1) is 13.8 Å². The first-order valence-corrected chi connectivity index (χ1v) is 7.75. The van der Waals surface area contributed by atoms with Crippen LogP contribution >= 0.6 is 11.6 Å². The fraction of sp³-hybridized carbons (Fsp3) is 0.111. The van der Waals surface area contributed by atoms with Gasteiger partial charge in [-0.05, 0) is 55.3 Å². The summed E-state index contributed by atoms with van der Waals surface area (Å²) in [6, 6.07) is 12.0. The number of hydrogen-bond donors (Lipinski definition) is 3. The number of benzene rings is 2. The van der Waals surface area contributed by atoms with Gasteiger partial charge in [0.15, 0.2) is 0 Å². The summed E-state index contributed by atoms with van der Waals surface area (Å²) in [6.45, 7) is 3.94. The van der Waals surface area contributed by atoms with Crippen molar-refractivity contribution in [2.75, 3.05) is 5.32 Å². The number of amides is 1. The summed E-state index contributed by atoms with van der Waals surface area (Å²) in [7, 11) is 0. The van der Waals surface area contributed by atoms with Crippen LogP contribution in [0.4, 0.5) is 5.69 Å². The van der Waals surface area contributed by atoms with Gasteiger partial charge in [-0.25, -0.2) is 0 Å². The Kier molecular flexibility index (Phi) is 4.27. The van der Waals surface area contributed by atoms with Gasteiger partial charge in [-0.1, -0.05) is 23.7 Å². The van der Waals surface area contributed by atoms with Gasteiger partial charge in [-0.3, -0.25) is 9.89 Å². The third kappa shape index (κ3) is 3.12. The van der Waals surface area contributed by atoms with Crippen molar-refractivity contribution in [2.24, 2.45) is 0 Å². The number of aromatic nitrogens is 2. The van der Waals surface area contributed by atoms with Crippen molar-refractivity contribution in [3.8, 4) is 17.0 Å². The molecule has 1 heterocycles. The maximum absolute atomic E-state index is 12.4. The predicted molar refractivity (Wildman–Crippen MR) is 94.6 cm³/mol. The largest absolute Gasteiger partial charge is 0.507 e. The Morgan fingerprint density at radius 1 is 1.21 bits per heavy atom. The third-order valence-corrected chi connectivity index (χ3v) is 4.14. The van der Waals surface area contributed by atoms with E-state index in [1.165, 1.54) is 6.07 Å². The monoisotopic (exact) mass is 341 g/mol. The van der Waals surface area contributed by atoms with E-state index in [-0.39, 0.29) is 11.7 Å². The Bertz CT molecular complexity index is 918. The van der Waals surface area contributed by atoms with Crippen molar-refractivity contribution < 1.29 is 9.90 Å². The van der Waals surface area contributed by atoms with Crippen LogP contribution in [0.2, 0.25) is 5.02 Å². The minimum atomic E-state index is -0.302.